The lowest BCUT2D eigenvalue weighted by Gasteiger charge is -2.18. The minimum Gasteiger partial charge on any atom is -0.468 e. The summed E-state index contributed by atoms with van der Waals surface area (Å²) in [5, 5.41) is 7.24. The van der Waals surface area contributed by atoms with E-state index in [0.717, 1.165) is 0 Å². The molecule has 126 valence electrons. The zero-order chi connectivity index (χ0) is 17.0. The van der Waals surface area contributed by atoms with Gasteiger partial charge in [-0.05, 0) is 25.8 Å². The summed E-state index contributed by atoms with van der Waals surface area (Å²) in [6.07, 6.45) is 1.74. The van der Waals surface area contributed by atoms with Crippen LogP contribution in [0.2, 0.25) is 0 Å². The number of carbonyl (C=O) groups excluding carboxylic acids is 4. The lowest BCUT2D eigenvalue weighted by Crippen LogP contribution is -2.50. The minimum absolute atomic E-state index is 0.215. The van der Waals surface area contributed by atoms with Crippen molar-refractivity contribution in [3.63, 3.8) is 0 Å². The van der Waals surface area contributed by atoms with Gasteiger partial charge in [0.15, 0.2) is 0 Å². The van der Waals surface area contributed by atoms with E-state index in [2.05, 4.69) is 20.7 Å². The SMILES string of the molecule is COC(=O)CNC(=O)C(CCCCN)NC(=O)CNC(C)=O. The van der Waals surface area contributed by atoms with Crippen molar-refractivity contribution in [2.45, 2.75) is 32.2 Å². The summed E-state index contributed by atoms with van der Waals surface area (Å²) in [5.41, 5.74) is 5.39. The maximum atomic E-state index is 12.0. The smallest absolute Gasteiger partial charge is 0.325 e. The van der Waals surface area contributed by atoms with E-state index in [9.17, 15) is 19.2 Å². The molecular formula is C13H24N4O5. The summed E-state index contributed by atoms with van der Waals surface area (Å²) in [5.74, 6) is -1.90. The second-order valence-corrected chi connectivity index (χ2v) is 4.61. The largest absolute Gasteiger partial charge is 0.468 e. The summed E-state index contributed by atoms with van der Waals surface area (Å²) < 4.78 is 4.42. The number of carbonyl (C=O) groups is 4. The Morgan fingerprint density at radius 2 is 1.77 bits per heavy atom. The molecule has 1 atom stereocenters. The van der Waals surface area contributed by atoms with Crippen LogP contribution in [0.5, 0.6) is 0 Å². The molecule has 5 N–H and O–H groups in total. The van der Waals surface area contributed by atoms with Crippen LogP contribution in [0.3, 0.4) is 0 Å². The summed E-state index contributed by atoms with van der Waals surface area (Å²) in [6, 6.07) is -0.794. The van der Waals surface area contributed by atoms with Crippen LogP contribution >= 0.6 is 0 Å². The zero-order valence-corrected chi connectivity index (χ0v) is 12.9. The van der Waals surface area contributed by atoms with Gasteiger partial charge < -0.3 is 26.4 Å². The molecule has 0 aliphatic heterocycles. The first-order valence-electron chi connectivity index (χ1n) is 6.99. The number of unbranched alkanes of at least 4 members (excludes halogenated alkanes) is 1. The van der Waals surface area contributed by atoms with Gasteiger partial charge in [-0.3, -0.25) is 19.2 Å². The lowest BCUT2D eigenvalue weighted by molar-refractivity contribution is -0.141. The van der Waals surface area contributed by atoms with Gasteiger partial charge in [0.1, 0.15) is 12.6 Å². The first-order chi connectivity index (χ1) is 10.4. The highest BCUT2D eigenvalue weighted by Crippen LogP contribution is 2.01. The van der Waals surface area contributed by atoms with Crippen LogP contribution in [0.1, 0.15) is 26.2 Å². The Morgan fingerprint density at radius 3 is 2.32 bits per heavy atom. The fraction of sp³-hybridized carbons (Fsp3) is 0.692. The molecule has 0 rings (SSSR count). The summed E-state index contributed by atoms with van der Waals surface area (Å²) in [4.78, 5) is 45.4. The molecule has 0 fully saturated rings. The summed E-state index contributed by atoms with van der Waals surface area (Å²) in [6.45, 7) is 1.28. The second kappa shape index (κ2) is 11.5. The number of methoxy groups -OCH3 is 1. The van der Waals surface area contributed by atoms with Crippen molar-refractivity contribution >= 4 is 23.7 Å². The van der Waals surface area contributed by atoms with Crippen molar-refractivity contribution < 1.29 is 23.9 Å². The van der Waals surface area contributed by atoms with Gasteiger partial charge in [0.05, 0.1) is 13.7 Å². The molecule has 0 saturated carbocycles. The molecule has 0 aliphatic rings. The summed E-state index contributed by atoms with van der Waals surface area (Å²) in [7, 11) is 1.21. The monoisotopic (exact) mass is 316 g/mol. The van der Waals surface area contributed by atoms with E-state index < -0.39 is 23.8 Å². The van der Waals surface area contributed by atoms with E-state index in [1.54, 1.807) is 0 Å². The third-order valence-electron chi connectivity index (χ3n) is 2.73. The second-order valence-electron chi connectivity index (χ2n) is 4.61. The topological polar surface area (TPSA) is 140 Å². The first-order valence-corrected chi connectivity index (χ1v) is 6.99. The average molecular weight is 316 g/mol. The minimum atomic E-state index is -0.794. The molecule has 3 amide bonds. The van der Waals surface area contributed by atoms with E-state index in [1.165, 1.54) is 14.0 Å². The Kier molecular flexibility index (Phi) is 10.4. The Morgan fingerprint density at radius 1 is 1.09 bits per heavy atom. The molecule has 0 spiro atoms. The molecule has 0 aromatic carbocycles. The van der Waals surface area contributed by atoms with Crippen molar-refractivity contribution in [2.75, 3.05) is 26.7 Å². The molecule has 1 unspecified atom stereocenters. The fourth-order valence-corrected chi connectivity index (χ4v) is 1.57. The number of rotatable bonds is 10. The molecule has 0 aliphatic carbocycles. The molecule has 0 aromatic rings. The predicted molar refractivity (Wildman–Crippen MR) is 78.5 cm³/mol. The molecule has 22 heavy (non-hydrogen) atoms. The average Bonchev–Trinajstić information content (AvgIpc) is 2.49. The fourth-order valence-electron chi connectivity index (χ4n) is 1.57. The normalized spacial score (nSPS) is 11.2. The Labute approximate surface area is 129 Å². The third kappa shape index (κ3) is 9.70. The molecular weight excluding hydrogens is 292 g/mol. The molecule has 0 radical (unpaired) electrons. The van der Waals surface area contributed by atoms with Gasteiger partial charge in [-0.15, -0.1) is 0 Å². The van der Waals surface area contributed by atoms with Crippen LogP contribution in [0.4, 0.5) is 0 Å². The van der Waals surface area contributed by atoms with Crippen molar-refractivity contribution in [3.8, 4) is 0 Å². The van der Waals surface area contributed by atoms with Crippen LogP contribution < -0.4 is 21.7 Å². The van der Waals surface area contributed by atoms with Gasteiger partial charge in [0, 0.05) is 6.92 Å². The van der Waals surface area contributed by atoms with E-state index in [4.69, 9.17) is 5.73 Å². The molecule has 0 aromatic heterocycles. The van der Waals surface area contributed by atoms with Crippen LogP contribution in [0.15, 0.2) is 0 Å². The van der Waals surface area contributed by atoms with E-state index in [0.29, 0.717) is 25.8 Å². The molecule has 0 bridgehead atoms. The maximum absolute atomic E-state index is 12.0. The van der Waals surface area contributed by atoms with Crippen molar-refractivity contribution in [1.29, 1.82) is 0 Å². The first kappa shape index (κ1) is 19.8. The maximum Gasteiger partial charge on any atom is 0.325 e. The molecule has 9 nitrogen and oxygen atoms in total. The van der Waals surface area contributed by atoms with E-state index >= 15 is 0 Å². The van der Waals surface area contributed by atoms with Gasteiger partial charge in [-0.2, -0.15) is 0 Å². The van der Waals surface area contributed by atoms with Crippen molar-refractivity contribution in [3.05, 3.63) is 0 Å². The van der Waals surface area contributed by atoms with Crippen molar-refractivity contribution in [1.82, 2.24) is 16.0 Å². The number of nitrogens with one attached hydrogen (secondary N) is 3. The molecule has 9 heteroatoms. The number of ether oxygens (including phenoxy) is 1. The number of amides is 3. The van der Waals surface area contributed by atoms with E-state index in [-0.39, 0.29) is 19.0 Å². The van der Waals surface area contributed by atoms with Crippen LogP contribution in [0.25, 0.3) is 0 Å². The standard InChI is InChI=1S/C13H24N4O5/c1-9(18)15-7-11(19)17-10(5-3-4-6-14)13(21)16-8-12(20)22-2/h10H,3-8,14H2,1-2H3,(H,15,18)(H,16,21)(H,17,19). The summed E-state index contributed by atoms with van der Waals surface area (Å²) >= 11 is 0. The Hall–Kier alpha value is -2.16. The lowest BCUT2D eigenvalue weighted by atomic mass is 10.1. The van der Waals surface area contributed by atoms with E-state index in [1.807, 2.05) is 0 Å². The number of esters is 1. The van der Waals surface area contributed by atoms with Crippen LogP contribution in [0, 0.1) is 0 Å². The van der Waals surface area contributed by atoms with Gasteiger partial charge in [0.25, 0.3) is 0 Å². The zero-order valence-electron chi connectivity index (χ0n) is 12.9. The number of hydrogen-bond donors (Lipinski definition) is 4. The Bertz CT molecular complexity index is 400. The highest BCUT2D eigenvalue weighted by Gasteiger charge is 2.20. The Balaban J connectivity index is 4.45. The number of nitrogens with two attached hydrogens (primary N) is 1. The molecule has 0 saturated heterocycles. The van der Waals surface area contributed by atoms with Gasteiger partial charge in [-0.1, -0.05) is 0 Å². The number of hydrogen-bond acceptors (Lipinski definition) is 6. The highest BCUT2D eigenvalue weighted by atomic mass is 16.5. The third-order valence-corrected chi connectivity index (χ3v) is 2.73. The predicted octanol–water partition coefficient (Wildman–Crippen LogP) is -1.97. The van der Waals surface area contributed by atoms with Crippen LogP contribution in [-0.4, -0.2) is 56.5 Å². The quantitative estimate of drug-likeness (QED) is 0.272. The van der Waals surface area contributed by atoms with Crippen LogP contribution in [-0.2, 0) is 23.9 Å². The van der Waals surface area contributed by atoms with Gasteiger partial charge in [0.2, 0.25) is 17.7 Å². The van der Waals surface area contributed by atoms with Gasteiger partial charge in [-0.25, -0.2) is 0 Å². The highest BCUT2D eigenvalue weighted by molar-refractivity contribution is 5.91. The molecule has 0 heterocycles. The van der Waals surface area contributed by atoms with Gasteiger partial charge >= 0.3 is 5.97 Å². The van der Waals surface area contributed by atoms with Crippen molar-refractivity contribution in [2.24, 2.45) is 5.73 Å².